The van der Waals surface area contributed by atoms with Gasteiger partial charge < -0.3 is 14.0 Å². The lowest BCUT2D eigenvalue weighted by Gasteiger charge is -2.15. The van der Waals surface area contributed by atoms with Crippen LogP contribution in [0, 0.1) is 0 Å². The molecule has 136 valence electrons. The van der Waals surface area contributed by atoms with Crippen molar-refractivity contribution < 1.29 is 9.32 Å². The molecule has 0 aliphatic heterocycles. The van der Waals surface area contributed by atoms with E-state index in [0.717, 1.165) is 22.0 Å². The molecule has 4 rings (SSSR count). The molecule has 0 spiro atoms. The highest BCUT2D eigenvalue weighted by Crippen LogP contribution is 2.22. The number of likely N-dealkylation sites (N-methyl/N-ethyl adjacent to an activating group) is 1. The number of carbonyl (C=O) groups excluding carboxylic acids is 1. The smallest absolute Gasteiger partial charge is 0.227 e. The molecule has 0 atom stereocenters. The second kappa shape index (κ2) is 7.07. The predicted molar refractivity (Wildman–Crippen MR) is 103 cm³/mol. The van der Waals surface area contributed by atoms with Crippen molar-refractivity contribution >= 4 is 16.8 Å². The highest BCUT2D eigenvalue weighted by molar-refractivity contribution is 5.89. The summed E-state index contributed by atoms with van der Waals surface area (Å²) in [7, 11) is 3.77. The third kappa shape index (κ3) is 3.46. The van der Waals surface area contributed by atoms with Gasteiger partial charge in [-0.05, 0) is 23.8 Å². The van der Waals surface area contributed by atoms with Crippen LogP contribution in [-0.2, 0) is 24.8 Å². The molecule has 0 bridgehead atoms. The zero-order valence-corrected chi connectivity index (χ0v) is 15.3. The van der Waals surface area contributed by atoms with E-state index in [0.29, 0.717) is 24.4 Å². The van der Waals surface area contributed by atoms with Crippen LogP contribution in [0.15, 0.2) is 65.6 Å². The van der Waals surface area contributed by atoms with Crippen LogP contribution in [0.3, 0.4) is 0 Å². The van der Waals surface area contributed by atoms with Gasteiger partial charge in [0.1, 0.15) is 5.69 Å². The van der Waals surface area contributed by atoms with Crippen LogP contribution in [0.1, 0.15) is 11.3 Å². The van der Waals surface area contributed by atoms with Crippen LogP contribution in [0.5, 0.6) is 0 Å². The van der Waals surface area contributed by atoms with Gasteiger partial charge in [-0.25, -0.2) is 0 Å². The molecular weight excluding hydrogens is 340 g/mol. The molecule has 1 amide bonds. The average molecular weight is 360 g/mol. The molecule has 0 unspecified atom stereocenters. The van der Waals surface area contributed by atoms with Gasteiger partial charge in [0.25, 0.3) is 0 Å². The number of carbonyl (C=O) groups is 1. The molecule has 3 aromatic heterocycles. The Hall–Kier alpha value is -3.41. The van der Waals surface area contributed by atoms with Gasteiger partial charge in [-0.1, -0.05) is 23.4 Å². The van der Waals surface area contributed by atoms with E-state index in [1.807, 2.05) is 43.6 Å². The van der Waals surface area contributed by atoms with E-state index in [9.17, 15) is 4.79 Å². The van der Waals surface area contributed by atoms with Crippen molar-refractivity contribution in [1.82, 2.24) is 19.6 Å². The van der Waals surface area contributed by atoms with Crippen LogP contribution in [0.4, 0.5) is 0 Å². The van der Waals surface area contributed by atoms with Crippen molar-refractivity contribution in [2.75, 3.05) is 7.05 Å². The first-order valence-corrected chi connectivity index (χ1v) is 8.74. The highest BCUT2D eigenvalue weighted by Gasteiger charge is 2.16. The summed E-state index contributed by atoms with van der Waals surface area (Å²) in [5, 5.41) is 5.18. The molecule has 6 nitrogen and oxygen atoms in total. The van der Waals surface area contributed by atoms with Gasteiger partial charge in [-0.2, -0.15) is 0 Å². The standard InChI is InChI=1S/C21H20N4O2/c1-24-13-16(18-7-3-4-8-20(18)24)10-21(26)25(2)14-17-11-19(23-27-17)15-6-5-9-22-12-15/h3-9,11-13H,10,14H2,1-2H3. The topological polar surface area (TPSA) is 64.2 Å². The number of aryl methyl sites for hydroxylation is 1. The molecular formula is C21H20N4O2. The maximum Gasteiger partial charge on any atom is 0.227 e. The molecule has 27 heavy (non-hydrogen) atoms. The second-order valence-corrected chi connectivity index (χ2v) is 6.63. The lowest BCUT2D eigenvalue weighted by molar-refractivity contribution is -0.129. The monoisotopic (exact) mass is 360 g/mol. The number of aromatic nitrogens is 3. The minimum Gasteiger partial charge on any atom is -0.359 e. The molecule has 0 aliphatic rings. The summed E-state index contributed by atoms with van der Waals surface area (Å²) in [6.45, 7) is 0.372. The summed E-state index contributed by atoms with van der Waals surface area (Å²) >= 11 is 0. The zero-order valence-electron chi connectivity index (χ0n) is 15.3. The first-order chi connectivity index (χ1) is 13.1. The molecule has 0 radical (unpaired) electrons. The number of fused-ring (bicyclic) bond motifs is 1. The number of nitrogens with zero attached hydrogens (tertiary/aromatic N) is 4. The number of pyridine rings is 1. The number of benzene rings is 1. The number of hydrogen-bond acceptors (Lipinski definition) is 4. The van der Waals surface area contributed by atoms with E-state index < -0.39 is 0 Å². The number of amides is 1. The van der Waals surface area contributed by atoms with Crippen LogP contribution in [0.2, 0.25) is 0 Å². The molecule has 4 aromatic rings. The van der Waals surface area contributed by atoms with Gasteiger partial charge in [0.2, 0.25) is 5.91 Å². The molecule has 6 heteroatoms. The quantitative estimate of drug-likeness (QED) is 0.547. The second-order valence-electron chi connectivity index (χ2n) is 6.63. The summed E-state index contributed by atoms with van der Waals surface area (Å²) < 4.78 is 7.44. The van der Waals surface area contributed by atoms with Crippen molar-refractivity contribution in [3.05, 3.63) is 72.4 Å². The number of rotatable bonds is 5. The number of para-hydroxylation sites is 1. The molecule has 0 N–H and O–H groups in total. The lowest BCUT2D eigenvalue weighted by atomic mass is 10.1. The van der Waals surface area contributed by atoms with Crippen molar-refractivity contribution in [3.63, 3.8) is 0 Å². The average Bonchev–Trinajstić information content (AvgIpc) is 3.28. The maximum atomic E-state index is 12.7. The third-order valence-corrected chi connectivity index (χ3v) is 4.66. The fourth-order valence-electron chi connectivity index (χ4n) is 3.22. The zero-order chi connectivity index (χ0) is 18.8. The summed E-state index contributed by atoms with van der Waals surface area (Å²) in [5.41, 5.74) is 3.75. The molecule has 0 saturated heterocycles. The van der Waals surface area contributed by atoms with E-state index in [4.69, 9.17) is 4.52 Å². The first kappa shape index (κ1) is 17.0. The Balaban J connectivity index is 1.46. The largest absolute Gasteiger partial charge is 0.359 e. The summed E-state index contributed by atoms with van der Waals surface area (Å²) in [4.78, 5) is 18.4. The maximum absolute atomic E-state index is 12.7. The van der Waals surface area contributed by atoms with Crippen molar-refractivity contribution in [3.8, 4) is 11.3 Å². The third-order valence-electron chi connectivity index (χ3n) is 4.66. The molecule has 3 heterocycles. The van der Waals surface area contributed by atoms with Gasteiger partial charge in [-0.15, -0.1) is 0 Å². The Morgan fingerprint density at radius 2 is 2.07 bits per heavy atom. The van der Waals surface area contributed by atoms with Gasteiger partial charge >= 0.3 is 0 Å². The fraction of sp³-hybridized carbons (Fsp3) is 0.190. The highest BCUT2D eigenvalue weighted by atomic mass is 16.5. The fourth-order valence-corrected chi connectivity index (χ4v) is 3.22. The van der Waals surface area contributed by atoms with Gasteiger partial charge in [0.05, 0.1) is 13.0 Å². The van der Waals surface area contributed by atoms with Gasteiger partial charge in [-0.3, -0.25) is 9.78 Å². The van der Waals surface area contributed by atoms with Gasteiger partial charge in [0, 0.05) is 55.2 Å². The van der Waals surface area contributed by atoms with E-state index >= 15 is 0 Å². The number of hydrogen-bond donors (Lipinski definition) is 0. The molecule has 0 aliphatic carbocycles. The minimum atomic E-state index is 0.0330. The minimum absolute atomic E-state index is 0.0330. The first-order valence-electron chi connectivity index (χ1n) is 8.74. The van der Waals surface area contributed by atoms with Crippen LogP contribution in [0.25, 0.3) is 22.2 Å². The van der Waals surface area contributed by atoms with E-state index in [-0.39, 0.29) is 5.91 Å². The summed E-state index contributed by atoms with van der Waals surface area (Å²) in [5.74, 6) is 0.674. The normalized spacial score (nSPS) is 11.0. The summed E-state index contributed by atoms with van der Waals surface area (Å²) in [6.07, 6.45) is 5.81. The Bertz CT molecular complexity index is 1080. The Kier molecular flexibility index (Phi) is 4.46. The molecule has 0 fully saturated rings. The van der Waals surface area contributed by atoms with Crippen molar-refractivity contribution in [2.45, 2.75) is 13.0 Å². The summed E-state index contributed by atoms with van der Waals surface area (Å²) in [6, 6.07) is 13.7. The Morgan fingerprint density at radius 3 is 2.89 bits per heavy atom. The van der Waals surface area contributed by atoms with Crippen LogP contribution >= 0.6 is 0 Å². The van der Waals surface area contributed by atoms with Crippen LogP contribution in [-0.4, -0.2) is 32.6 Å². The van der Waals surface area contributed by atoms with E-state index in [1.54, 1.807) is 24.3 Å². The van der Waals surface area contributed by atoms with Gasteiger partial charge in [0.15, 0.2) is 5.76 Å². The molecule has 1 aromatic carbocycles. The SMILES string of the molecule is CN(Cc1cc(-c2cccnc2)no1)C(=O)Cc1cn(C)c2ccccc12. The van der Waals surface area contributed by atoms with Crippen LogP contribution < -0.4 is 0 Å². The lowest BCUT2D eigenvalue weighted by Crippen LogP contribution is -2.27. The Morgan fingerprint density at radius 1 is 1.22 bits per heavy atom. The Labute approximate surface area is 157 Å². The predicted octanol–water partition coefficient (Wildman–Crippen LogP) is 3.43. The van der Waals surface area contributed by atoms with Crippen molar-refractivity contribution in [1.29, 1.82) is 0 Å². The molecule has 0 saturated carbocycles. The van der Waals surface area contributed by atoms with Crippen molar-refractivity contribution in [2.24, 2.45) is 7.05 Å². The van der Waals surface area contributed by atoms with E-state index in [2.05, 4.69) is 26.8 Å². The van der Waals surface area contributed by atoms with E-state index in [1.165, 1.54) is 0 Å².